The molecule has 2 aromatic carbocycles. The number of carboxylic acids is 1. The van der Waals surface area contributed by atoms with Crippen LogP contribution >= 0.6 is 23.2 Å². The molecular formula is C18H17Cl2N3O3. The molecular weight excluding hydrogens is 377 g/mol. The van der Waals surface area contributed by atoms with Crippen LogP contribution in [0.1, 0.15) is 18.0 Å². The first-order valence-corrected chi connectivity index (χ1v) is 8.69. The molecule has 6 nitrogen and oxygen atoms in total. The molecule has 1 heterocycles. The predicted octanol–water partition coefficient (Wildman–Crippen LogP) is 4.47. The number of hydrogen-bond donors (Lipinski definition) is 3. The van der Waals surface area contributed by atoms with Gasteiger partial charge in [0.05, 0.1) is 6.04 Å². The summed E-state index contributed by atoms with van der Waals surface area (Å²) in [5.74, 6) is -1.01. The average molecular weight is 394 g/mol. The van der Waals surface area contributed by atoms with Gasteiger partial charge in [0, 0.05) is 40.5 Å². The zero-order chi connectivity index (χ0) is 18.8. The third-order valence-corrected chi connectivity index (χ3v) is 4.86. The maximum Gasteiger partial charge on any atom is 0.326 e. The summed E-state index contributed by atoms with van der Waals surface area (Å²) in [6, 6.07) is 10.5. The molecule has 0 fully saturated rings. The van der Waals surface area contributed by atoms with Crippen molar-refractivity contribution in [3.63, 3.8) is 0 Å². The number of carbonyl (C=O) groups excluding carboxylic acids is 1. The lowest BCUT2D eigenvalue weighted by Crippen LogP contribution is -2.43. The molecule has 1 aliphatic rings. The number of aliphatic carboxylic acids is 1. The number of nitrogens with zero attached hydrogens (tertiary/aromatic N) is 1. The van der Waals surface area contributed by atoms with Gasteiger partial charge in [0.2, 0.25) is 0 Å². The van der Waals surface area contributed by atoms with Crippen LogP contribution in [0, 0.1) is 0 Å². The van der Waals surface area contributed by atoms with Gasteiger partial charge in [-0.2, -0.15) is 0 Å². The van der Waals surface area contributed by atoms with Crippen molar-refractivity contribution in [1.82, 2.24) is 4.90 Å². The van der Waals surface area contributed by atoms with E-state index in [9.17, 15) is 14.7 Å². The number of carboxylic acid groups (broad SMARTS) is 1. The van der Waals surface area contributed by atoms with Crippen molar-refractivity contribution >= 4 is 46.6 Å². The zero-order valence-corrected chi connectivity index (χ0v) is 15.4. The summed E-state index contributed by atoms with van der Waals surface area (Å²) < 4.78 is 0. The number of hydrogen-bond acceptors (Lipinski definition) is 3. The topological polar surface area (TPSA) is 81.7 Å². The van der Waals surface area contributed by atoms with Crippen LogP contribution in [0.25, 0.3) is 0 Å². The molecule has 0 radical (unpaired) electrons. The van der Waals surface area contributed by atoms with E-state index >= 15 is 0 Å². The van der Waals surface area contributed by atoms with E-state index in [0.29, 0.717) is 27.0 Å². The van der Waals surface area contributed by atoms with Gasteiger partial charge < -0.3 is 20.6 Å². The molecule has 0 spiro atoms. The summed E-state index contributed by atoms with van der Waals surface area (Å²) in [6.07, 6.45) is 0.183. The van der Waals surface area contributed by atoms with Crippen LogP contribution < -0.4 is 10.6 Å². The minimum absolute atomic E-state index is 0.183. The fourth-order valence-corrected chi connectivity index (χ4v) is 3.64. The summed E-state index contributed by atoms with van der Waals surface area (Å²) in [4.78, 5) is 25.6. The Bertz CT molecular complexity index is 845. The van der Waals surface area contributed by atoms with E-state index in [-0.39, 0.29) is 12.5 Å². The van der Waals surface area contributed by atoms with Gasteiger partial charge in [-0.1, -0.05) is 41.4 Å². The Hall–Kier alpha value is -2.44. The quantitative estimate of drug-likeness (QED) is 0.718. The number of rotatable bonds is 3. The van der Waals surface area contributed by atoms with E-state index in [1.54, 1.807) is 31.3 Å². The van der Waals surface area contributed by atoms with Gasteiger partial charge in [-0.3, -0.25) is 0 Å². The van der Waals surface area contributed by atoms with Gasteiger partial charge >= 0.3 is 12.0 Å². The largest absolute Gasteiger partial charge is 0.480 e. The highest BCUT2D eigenvalue weighted by atomic mass is 35.5. The van der Waals surface area contributed by atoms with E-state index in [1.807, 2.05) is 18.2 Å². The Kier molecular flexibility index (Phi) is 5.25. The van der Waals surface area contributed by atoms with Crippen LogP contribution in [-0.2, 0) is 4.79 Å². The summed E-state index contributed by atoms with van der Waals surface area (Å²) in [7, 11) is 1.61. The van der Waals surface area contributed by atoms with Gasteiger partial charge in [-0.25, -0.2) is 9.59 Å². The summed E-state index contributed by atoms with van der Waals surface area (Å²) in [6.45, 7) is 0. The lowest BCUT2D eigenvalue weighted by Gasteiger charge is -2.37. The van der Waals surface area contributed by atoms with Crippen molar-refractivity contribution < 1.29 is 14.7 Å². The van der Waals surface area contributed by atoms with E-state index in [4.69, 9.17) is 23.2 Å². The Morgan fingerprint density at radius 1 is 1.23 bits per heavy atom. The van der Waals surface area contributed by atoms with Crippen molar-refractivity contribution in [2.45, 2.75) is 18.5 Å². The number of amides is 2. The first kappa shape index (κ1) is 18.4. The second-order valence-corrected chi connectivity index (χ2v) is 6.89. The predicted molar refractivity (Wildman–Crippen MR) is 102 cm³/mol. The Labute approximate surface area is 160 Å². The molecule has 0 saturated carbocycles. The molecule has 0 aliphatic carbocycles. The molecule has 2 atom stereocenters. The van der Waals surface area contributed by atoms with Gasteiger partial charge in [0.25, 0.3) is 0 Å². The smallest absolute Gasteiger partial charge is 0.326 e. The molecule has 3 rings (SSSR count). The van der Waals surface area contributed by atoms with E-state index in [0.717, 1.165) is 0 Å². The molecule has 136 valence electrons. The molecule has 26 heavy (non-hydrogen) atoms. The minimum atomic E-state index is -1.01. The molecule has 8 heteroatoms. The van der Waals surface area contributed by atoms with E-state index < -0.39 is 18.1 Å². The van der Waals surface area contributed by atoms with Crippen molar-refractivity contribution in [2.75, 3.05) is 17.7 Å². The maximum atomic E-state index is 12.7. The number of carbonyl (C=O) groups is 2. The van der Waals surface area contributed by atoms with Gasteiger partial charge in [0.15, 0.2) is 0 Å². The fraction of sp³-hybridized carbons (Fsp3) is 0.222. The number of fused-ring (bicyclic) bond motifs is 1. The molecule has 0 bridgehead atoms. The number of nitrogens with one attached hydrogen (secondary N) is 2. The second-order valence-electron chi connectivity index (χ2n) is 6.04. The lowest BCUT2D eigenvalue weighted by molar-refractivity contribution is -0.138. The lowest BCUT2D eigenvalue weighted by atomic mass is 9.92. The summed E-state index contributed by atoms with van der Waals surface area (Å²) >= 11 is 12.4. The molecule has 0 saturated heterocycles. The van der Waals surface area contributed by atoms with Gasteiger partial charge in [-0.05, 0) is 24.3 Å². The Balaban J connectivity index is 1.92. The zero-order valence-electron chi connectivity index (χ0n) is 13.9. The van der Waals surface area contributed by atoms with Crippen LogP contribution in [-0.4, -0.2) is 35.1 Å². The fourth-order valence-electron chi connectivity index (χ4n) is 3.02. The number of benzene rings is 2. The first-order chi connectivity index (χ1) is 12.4. The van der Waals surface area contributed by atoms with Crippen LogP contribution in [0.3, 0.4) is 0 Å². The SMILES string of the molecule is CN(C(=O)Nc1ccccc1)C1CC(C(=O)O)Nc2cc(Cl)cc(Cl)c21. The number of halogens is 2. The van der Waals surface area contributed by atoms with Crippen LogP contribution in [0.4, 0.5) is 16.2 Å². The number of anilines is 2. The Morgan fingerprint density at radius 3 is 2.58 bits per heavy atom. The van der Waals surface area contributed by atoms with Gasteiger partial charge in [0.1, 0.15) is 6.04 Å². The molecule has 2 amide bonds. The van der Waals surface area contributed by atoms with Crippen molar-refractivity contribution in [2.24, 2.45) is 0 Å². The van der Waals surface area contributed by atoms with Crippen molar-refractivity contribution in [3.05, 3.63) is 58.1 Å². The van der Waals surface area contributed by atoms with Crippen LogP contribution in [0.2, 0.25) is 10.0 Å². The monoisotopic (exact) mass is 393 g/mol. The highest BCUT2D eigenvalue weighted by Crippen LogP contribution is 2.42. The summed E-state index contributed by atoms with van der Waals surface area (Å²) in [5, 5.41) is 15.9. The second kappa shape index (κ2) is 7.43. The average Bonchev–Trinajstić information content (AvgIpc) is 2.60. The minimum Gasteiger partial charge on any atom is -0.480 e. The van der Waals surface area contributed by atoms with E-state index in [1.165, 1.54) is 4.90 Å². The number of para-hydroxylation sites is 1. The third kappa shape index (κ3) is 3.71. The number of urea groups is 1. The normalized spacial score (nSPS) is 18.4. The summed E-state index contributed by atoms with van der Waals surface area (Å²) in [5.41, 5.74) is 1.82. The molecule has 2 unspecified atom stereocenters. The standard InChI is InChI=1S/C18H17Cl2N3O3/c1-23(18(26)21-11-5-3-2-4-6-11)15-9-14(17(24)25)22-13-8-10(19)7-12(20)16(13)15/h2-8,14-15,22H,9H2,1H3,(H,21,26)(H,24,25). The van der Waals surface area contributed by atoms with Gasteiger partial charge in [-0.15, -0.1) is 0 Å². The Morgan fingerprint density at radius 2 is 1.92 bits per heavy atom. The maximum absolute atomic E-state index is 12.7. The highest BCUT2D eigenvalue weighted by molar-refractivity contribution is 6.35. The van der Waals surface area contributed by atoms with Crippen molar-refractivity contribution in [1.29, 1.82) is 0 Å². The highest BCUT2D eigenvalue weighted by Gasteiger charge is 2.36. The first-order valence-electron chi connectivity index (χ1n) is 7.94. The van der Waals surface area contributed by atoms with Crippen LogP contribution in [0.5, 0.6) is 0 Å². The molecule has 3 N–H and O–H groups in total. The molecule has 2 aromatic rings. The molecule has 0 aromatic heterocycles. The third-order valence-electron chi connectivity index (χ3n) is 4.33. The van der Waals surface area contributed by atoms with Crippen molar-refractivity contribution in [3.8, 4) is 0 Å². The van der Waals surface area contributed by atoms with E-state index in [2.05, 4.69) is 10.6 Å². The molecule has 1 aliphatic heterocycles. The van der Waals surface area contributed by atoms with Crippen LogP contribution in [0.15, 0.2) is 42.5 Å².